The highest BCUT2D eigenvalue weighted by molar-refractivity contribution is 5.73. The molecule has 0 amide bonds. The summed E-state index contributed by atoms with van der Waals surface area (Å²) in [4.78, 5) is 4.18. The van der Waals surface area contributed by atoms with Crippen molar-refractivity contribution in [2.45, 2.75) is 13.1 Å². The van der Waals surface area contributed by atoms with E-state index in [2.05, 4.69) is 10.4 Å². The van der Waals surface area contributed by atoms with Gasteiger partial charge in [0.2, 0.25) is 0 Å². The van der Waals surface area contributed by atoms with E-state index in [0.717, 1.165) is 16.7 Å². The Morgan fingerprint density at radius 1 is 1.50 bits per heavy atom. The minimum atomic E-state index is -0.384. The predicted octanol–water partition coefficient (Wildman–Crippen LogP) is 0.557. The molecule has 14 heavy (non-hydrogen) atoms. The molecule has 2 rings (SSSR count). The van der Waals surface area contributed by atoms with Crippen LogP contribution >= 0.6 is 0 Å². The molecule has 0 fully saturated rings. The monoisotopic (exact) mass is 192 g/mol. The van der Waals surface area contributed by atoms with Crippen LogP contribution in [-0.2, 0) is 0 Å². The smallest absolute Gasteiger partial charge is 0.192 e. The molecule has 0 aliphatic rings. The molecule has 74 valence electrons. The second-order valence-corrected chi connectivity index (χ2v) is 3.10. The lowest BCUT2D eigenvalue weighted by Gasteiger charge is -2.08. The maximum Gasteiger partial charge on any atom is 0.192 e. The fourth-order valence-corrected chi connectivity index (χ4v) is 1.35. The molecule has 5 N–H and O–H groups in total. The van der Waals surface area contributed by atoms with E-state index < -0.39 is 0 Å². The third-order valence-corrected chi connectivity index (χ3v) is 2.06. The molecule has 0 saturated heterocycles. The first-order valence-corrected chi connectivity index (χ1v) is 4.29. The van der Waals surface area contributed by atoms with E-state index in [0.29, 0.717) is 5.89 Å². The number of benzene rings is 1. The largest absolute Gasteiger partial charge is 0.441 e. The van der Waals surface area contributed by atoms with Gasteiger partial charge in [0.05, 0.1) is 6.17 Å². The highest BCUT2D eigenvalue weighted by atomic mass is 16.3. The fourth-order valence-electron chi connectivity index (χ4n) is 1.35. The van der Waals surface area contributed by atoms with Crippen molar-refractivity contribution < 1.29 is 4.42 Å². The standard InChI is InChI=1S/C9H12N4O/c1-5-12-7-3-2-6(9(10)13-11)4-8(7)14-5/h2-4,9,13H,10-11H2,1H3. The number of hydrogen-bond acceptors (Lipinski definition) is 5. The summed E-state index contributed by atoms with van der Waals surface area (Å²) >= 11 is 0. The first-order valence-electron chi connectivity index (χ1n) is 4.29. The van der Waals surface area contributed by atoms with Crippen LogP contribution in [-0.4, -0.2) is 4.98 Å². The maximum absolute atomic E-state index is 5.69. The summed E-state index contributed by atoms with van der Waals surface area (Å²) < 4.78 is 5.37. The summed E-state index contributed by atoms with van der Waals surface area (Å²) in [5, 5.41) is 0. The summed E-state index contributed by atoms with van der Waals surface area (Å²) in [5.74, 6) is 5.88. The Labute approximate surface area is 81.1 Å². The Balaban J connectivity index is 2.50. The van der Waals surface area contributed by atoms with E-state index in [1.807, 2.05) is 18.2 Å². The van der Waals surface area contributed by atoms with Crippen molar-refractivity contribution in [3.05, 3.63) is 29.7 Å². The van der Waals surface area contributed by atoms with Gasteiger partial charge < -0.3 is 10.2 Å². The molecule has 1 aromatic carbocycles. The van der Waals surface area contributed by atoms with Crippen molar-refractivity contribution in [2.24, 2.45) is 11.6 Å². The summed E-state index contributed by atoms with van der Waals surface area (Å²) in [5.41, 5.74) is 10.6. The van der Waals surface area contributed by atoms with Gasteiger partial charge in [-0.15, -0.1) is 0 Å². The highest BCUT2D eigenvalue weighted by Crippen LogP contribution is 2.18. The van der Waals surface area contributed by atoms with Crippen LogP contribution in [0.15, 0.2) is 22.6 Å². The average Bonchev–Trinajstić information content (AvgIpc) is 2.55. The molecular formula is C9H12N4O. The molecule has 5 nitrogen and oxygen atoms in total. The van der Waals surface area contributed by atoms with Gasteiger partial charge in [-0.1, -0.05) is 6.07 Å². The molecule has 1 aromatic heterocycles. The number of hydrogen-bond donors (Lipinski definition) is 3. The van der Waals surface area contributed by atoms with Crippen LogP contribution in [0.3, 0.4) is 0 Å². The number of fused-ring (bicyclic) bond motifs is 1. The molecule has 0 aliphatic heterocycles. The summed E-state index contributed by atoms with van der Waals surface area (Å²) in [7, 11) is 0. The van der Waals surface area contributed by atoms with E-state index in [1.54, 1.807) is 6.92 Å². The number of aryl methyl sites for hydroxylation is 1. The molecule has 1 atom stereocenters. The second-order valence-electron chi connectivity index (χ2n) is 3.10. The van der Waals surface area contributed by atoms with E-state index in [9.17, 15) is 0 Å². The Morgan fingerprint density at radius 3 is 3.00 bits per heavy atom. The van der Waals surface area contributed by atoms with Gasteiger partial charge in [-0.05, 0) is 17.7 Å². The molecule has 0 saturated carbocycles. The highest BCUT2D eigenvalue weighted by Gasteiger charge is 2.07. The van der Waals surface area contributed by atoms with Crippen molar-refractivity contribution in [1.29, 1.82) is 0 Å². The van der Waals surface area contributed by atoms with Gasteiger partial charge in [0, 0.05) is 6.92 Å². The van der Waals surface area contributed by atoms with Gasteiger partial charge >= 0.3 is 0 Å². The van der Waals surface area contributed by atoms with E-state index >= 15 is 0 Å². The number of nitrogens with one attached hydrogen (secondary N) is 1. The quantitative estimate of drug-likeness (QED) is 0.367. The second kappa shape index (κ2) is 3.38. The van der Waals surface area contributed by atoms with Crippen LogP contribution in [0.1, 0.15) is 17.6 Å². The SMILES string of the molecule is Cc1nc2ccc(C(N)NN)cc2o1. The van der Waals surface area contributed by atoms with Crippen molar-refractivity contribution in [2.75, 3.05) is 0 Å². The van der Waals surface area contributed by atoms with Gasteiger partial charge in [-0.3, -0.25) is 5.84 Å². The molecule has 5 heteroatoms. The molecular weight excluding hydrogens is 180 g/mol. The van der Waals surface area contributed by atoms with Gasteiger partial charge in [-0.2, -0.15) is 0 Å². The summed E-state index contributed by atoms with van der Waals surface area (Å²) in [6, 6.07) is 5.56. The van der Waals surface area contributed by atoms with Crippen molar-refractivity contribution >= 4 is 11.1 Å². The predicted molar refractivity (Wildman–Crippen MR) is 53.0 cm³/mol. The lowest BCUT2D eigenvalue weighted by atomic mass is 10.2. The minimum Gasteiger partial charge on any atom is -0.441 e. The van der Waals surface area contributed by atoms with Crippen LogP contribution < -0.4 is 17.0 Å². The topological polar surface area (TPSA) is 90.1 Å². The zero-order valence-corrected chi connectivity index (χ0v) is 7.82. The molecule has 0 aliphatic carbocycles. The number of nitrogens with zero attached hydrogens (tertiary/aromatic N) is 1. The number of aromatic nitrogens is 1. The number of nitrogens with two attached hydrogens (primary N) is 2. The van der Waals surface area contributed by atoms with Gasteiger partial charge in [0.25, 0.3) is 0 Å². The van der Waals surface area contributed by atoms with E-state index in [1.165, 1.54) is 0 Å². The maximum atomic E-state index is 5.69. The summed E-state index contributed by atoms with van der Waals surface area (Å²) in [6.07, 6.45) is -0.384. The molecule has 0 bridgehead atoms. The first-order chi connectivity index (χ1) is 6.70. The first kappa shape index (κ1) is 9.14. The molecule has 1 unspecified atom stereocenters. The van der Waals surface area contributed by atoms with Crippen LogP contribution in [0.2, 0.25) is 0 Å². The Morgan fingerprint density at radius 2 is 2.29 bits per heavy atom. The normalized spacial score (nSPS) is 13.4. The molecule has 0 radical (unpaired) electrons. The van der Waals surface area contributed by atoms with Crippen molar-refractivity contribution in [3.63, 3.8) is 0 Å². The molecule has 2 aromatic rings. The van der Waals surface area contributed by atoms with Gasteiger partial charge in [0.1, 0.15) is 5.52 Å². The van der Waals surface area contributed by atoms with E-state index in [-0.39, 0.29) is 6.17 Å². The third-order valence-electron chi connectivity index (χ3n) is 2.06. The lowest BCUT2D eigenvalue weighted by Crippen LogP contribution is -2.33. The van der Waals surface area contributed by atoms with E-state index in [4.69, 9.17) is 16.0 Å². The zero-order valence-electron chi connectivity index (χ0n) is 7.82. The summed E-state index contributed by atoms with van der Waals surface area (Å²) in [6.45, 7) is 1.81. The van der Waals surface area contributed by atoms with Gasteiger partial charge in [-0.25, -0.2) is 10.4 Å². The molecule has 1 heterocycles. The molecule has 0 spiro atoms. The van der Waals surface area contributed by atoms with Crippen LogP contribution in [0, 0.1) is 6.92 Å². The Hall–Kier alpha value is -1.43. The zero-order chi connectivity index (χ0) is 10.1. The number of oxazole rings is 1. The Bertz CT molecular complexity index is 451. The van der Waals surface area contributed by atoms with Crippen LogP contribution in [0.4, 0.5) is 0 Å². The fraction of sp³-hybridized carbons (Fsp3) is 0.222. The third kappa shape index (κ3) is 1.48. The van der Waals surface area contributed by atoms with Crippen molar-refractivity contribution in [3.8, 4) is 0 Å². The number of hydrazine groups is 1. The van der Waals surface area contributed by atoms with Gasteiger partial charge in [0.15, 0.2) is 11.5 Å². The lowest BCUT2D eigenvalue weighted by molar-refractivity contribution is 0.555. The Kier molecular flexibility index (Phi) is 2.20. The van der Waals surface area contributed by atoms with Crippen LogP contribution in [0.5, 0.6) is 0 Å². The minimum absolute atomic E-state index is 0.384. The van der Waals surface area contributed by atoms with Crippen LogP contribution in [0.25, 0.3) is 11.1 Å². The number of rotatable bonds is 2. The average molecular weight is 192 g/mol. The van der Waals surface area contributed by atoms with Crippen molar-refractivity contribution in [1.82, 2.24) is 10.4 Å².